The lowest BCUT2D eigenvalue weighted by atomic mass is 9.68. The molecule has 0 aliphatic heterocycles. The van der Waals surface area contributed by atoms with Gasteiger partial charge in [-0.1, -0.05) is 13.8 Å². The predicted molar refractivity (Wildman–Crippen MR) is 43.1 cm³/mol. The van der Waals surface area contributed by atoms with Crippen LogP contribution in [0.15, 0.2) is 16.8 Å². The zero-order chi connectivity index (χ0) is 6.91. The first-order chi connectivity index (χ1) is 4.11. The van der Waals surface area contributed by atoms with Gasteiger partial charge in [0.05, 0.1) is 7.85 Å². The van der Waals surface area contributed by atoms with Crippen LogP contribution in [0, 0.1) is 0 Å². The van der Waals surface area contributed by atoms with Gasteiger partial charge in [-0.15, -0.1) is 0 Å². The summed E-state index contributed by atoms with van der Waals surface area (Å²) in [7, 11) is 5.81. The SMILES string of the molecule is [B]C(C)(C)c1ccsc1. The van der Waals surface area contributed by atoms with Gasteiger partial charge in [0.2, 0.25) is 0 Å². The fourth-order valence-electron chi connectivity index (χ4n) is 0.631. The second-order valence-corrected chi connectivity index (χ2v) is 3.51. The van der Waals surface area contributed by atoms with Crippen molar-refractivity contribution in [1.82, 2.24) is 0 Å². The Morgan fingerprint density at radius 2 is 2.22 bits per heavy atom. The highest BCUT2D eigenvalue weighted by molar-refractivity contribution is 7.08. The zero-order valence-corrected chi connectivity index (χ0v) is 6.53. The monoisotopic (exact) mass is 136 g/mol. The van der Waals surface area contributed by atoms with Gasteiger partial charge in [-0.05, 0) is 27.7 Å². The molecule has 0 bridgehead atoms. The topological polar surface area (TPSA) is 0 Å². The van der Waals surface area contributed by atoms with Gasteiger partial charge in [-0.2, -0.15) is 11.3 Å². The highest BCUT2D eigenvalue weighted by Crippen LogP contribution is 2.20. The summed E-state index contributed by atoms with van der Waals surface area (Å²) in [6, 6.07) is 2.06. The van der Waals surface area contributed by atoms with Crippen molar-refractivity contribution in [1.29, 1.82) is 0 Å². The molecule has 0 spiro atoms. The highest BCUT2D eigenvalue weighted by atomic mass is 32.1. The number of rotatable bonds is 1. The zero-order valence-electron chi connectivity index (χ0n) is 5.72. The molecule has 2 heteroatoms. The van der Waals surface area contributed by atoms with Gasteiger partial charge in [-0.3, -0.25) is 0 Å². The van der Waals surface area contributed by atoms with E-state index in [1.54, 1.807) is 11.3 Å². The Balaban J connectivity index is 2.90. The van der Waals surface area contributed by atoms with E-state index in [-0.39, 0.29) is 5.31 Å². The van der Waals surface area contributed by atoms with Crippen LogP contribution in [-0.2, 0) is 5.31 Å². The molecule has 0 unspecified atom stereocenters. The fourth-order valence-corrected chi connectivity index (χ4v) is 1.46. The number of thiophene rings is 1. The van der Waals surface area contributed by atoms with Crippen molar-refractivity contribution < 1.29 is 0 Å². The van der Waals surface area contributed by atoms with E-state index >= 15 is 0 Å². The predicted octanol–water partition coefficient (Wildman–Crippen LogP) is 2.15. The van der Waals surface area contributed by atoms with Gasteiger partial charge in [0, 0.05) is 0 Å². The molecule has 0 fully saturated rings. The number of hydrogen-bond donors (Lipinski definition) is 0. The molecule has 9 heavy (non-hydrogen) atoms. The molecule has 0 nitrogen and oxygen atoms in total. The average Bonchev–Trinajstić information content (AvgIpc) is 2.08. The fraction of sp³-hybridized carbons (Fsp3) is 0.429. The lowest BCUT2D eigenvalue weighted by Crippen LogP contribution is -2.14. The molecule has 0 aliphatic carbocycles. The third kappa shape index (κ3) is 1.58. The molecule has 0 amide bonds. The molecule has 0 aromatic carbocycles. The van der Waals surface area contributed by atoms with Gasteiger partial charge in [-0.25, -0.2) is 0 Å². The molecule has 1 heterocycles. The van der Waals surface area contributed by atoms with Crippen molar-refractivity contribution in [3.8, 4) is 0 Å². The van der Waals surface area contributed by atoms with Crippen LogP contribution in [0.5, 0.6) is 0 Å². The molecule has 1 aromatic rings. The molecule has 1 aromatic heterocycles. The summed E-state index contributed by atoms with van der Waals surface area (Å²) in [5, 5.41) is 3.96. The summed E-state index contributed by atoms with van der Waals surface area (Å²) in [6.45, 7) is 4.02. The minimum Gasteiger partial charge on any atom is -0.152 e. The van der Waals surface area contributed by atoms with E-state index in [0.29, 0.717) is 0 Å². The first-order valence-corrected chi connectivity index (χ1v) is 3.86. The maximum atomic E-state index is 5.81. The minimum atomic E-state index is -0.167. The van der Waals surface area contributed by atoms with Gasteiger partial charge in [0.15, 0.2) is 0 Å². The van der Waals surface area contributed by atoms with E-state index < -0.39 is 0 Å². The van der Waals surface area contributed by atoms with Gasteiger partial charge in [0.1, 0.15) is 0 Å². The minimum absolute atomic E-state index is 0.167. The summed E-state index contributed by atoms with van der Waals surface area (Å²) in [5.41, 5.74) is 1.22. The van der Waals surface area contributed by atoms with Gasteiger partial charge < -0.3 is 0 Å². The Labute approximate surface area is 61.3 Å². The Hall–Kier alpha value is -0.235. The summed E-state index contributed by atoms with van der Waals surface area (Å²) >= 11 is 1.69. The van der Waals surface area contributed by atoms with E-state index in [1.807, 2.05) is 19.2 Å². The lowest BCUT2D eigenvalue weighted by molar-refractivity contribution is 0.768. The normalized spacial score (nSPS) is 11.8. The molecule has 1 rings (SSSR count). The maximum absolute atomic E-state index is 5.81. The van der Waals surface area contributed by atoms with Crippen LogP contribution in [0.2, 0.25) is 0 Å². The molecule has 46 valence electrons. The summed E-state index contributed by atoms with van der Waals surface area (Å²) in [6.07, 6.45) is 0. The van der Waals surface area contributed by atoms with Crippen LogP contribution in [0.3, 0.4) is 0 Å². The summed E-state index contributed by atoms with van der Waals surface area (Å²) < 4.78 is 0. The second-order valence-electron chi connectivity index (χ2n) is 2.73. The highest BCUT2D eigenvalue weighted by Gasteiger charge is 2.11. The van der Waals surface area contributed by atoms with Crippen molar-refractivity contribution in [2.75, 3.05) is 0 Å². The second kappa shape index (κ2) is 2.18. The molecular weight excluding hydrogens is 127 g/mol. The first kappa shape index (κ1) is 6.88. The van der Waals surface area contributed by atoms with Gasteiger partial charge >= 0.3 is 0 Å². The third-order valence-corrected chi connectivity index (χ3v) is 1.95. The van der Waals surface area contributed by atoms with Gasteiger partial charge in [0.25, 0.3) is 0 Å². The van der Waals surface area contributed by atoms with Crippen LogP contribution in [-0.4, -0.2) is 7.85 Å². The van der Waals surface area contributed by atoms with E-state index in [4.69, 9.17) is 7.85 Å². The van der Waals surface area contributed by atoms with E-state index in [0.717, 1.165) is 0 Å². The largest absolute Gasteiger partial charge is 0.152 e. The molecule has 0 saturated carbocycles. The van der Waals surface area contributed by atoms with Crippen LogP contribution < -0.4 is 0 Å². The van der Waals surface area contributed by atoms with Crippen molar-refractivity contribution in [2.24, 2.45) is 0 Å². The molecule has 0 N–H and O–H groups in total. The van der Waals surface area contributed by atoms with E-state index in [9.17, 15) is 0 Å². The summed E-state index contributed by atoms with van der Waals surface area (Å²) in [5.74, 6) is 0. The Morgan fingerprint density at radius 1 is 1.56 bits per heavy atom. The van der Waals surface area contributed by atoms with Crippen molar-refractivity contribution >= 4 is 19.2 Å². The van der Waals surface area contributed by atoms with E-state index in [1.165, 1.54) is 5.56 Å². The maximum Gasteiger partial charge on any atom is 0.0803 e. The van der Waals surface area contributed by atoms with Crippen LogP contribution in [0.1, 0.15) is 19.4 Å². The quantitative estimate of drug-likeness (QED) is 0.519. The Bertz CT molecular complexity index is 171. The summed E-state index contributed by atoms with van der Waals surface area (Å²) in [4.78, 5) is 0. The molecule has 2 radical (unpaired) electrons. The molecule has 0 aliphatic rings. The standard InChI is InChI=1S/C7H9BS/c1-7(2,8)6-3-4-9-5-6/h3-5H,1-2H3. The smallest absolute Gasteiger partial charge is 0.0803 e. The Kier molecular flexibility index (Phi) is 1.67. The Morgan fingerprint density at radius 3 is 2.44 bits per heavy atom. The third-order valence-electron chi connectivity index (χ3n) is 1.27. The van der Waals surface area contributed by atoms with E-state index in [2.05, 4.69) is 11.4 Å². The average molecular weight is 136 g/mol. The lowest BCUT2D eigenvalue weighted by Gasteiger charge is -2.16. The van der Waals surface area contributed by atoms with Crippen LogP contribution in [0.25, 0.3) is 0 Å². The van der Waals surface area contributed by atoms with Crippen LogP contribution >= 0.6 is 11.3 Å². The van der Waals surface area contributed by atoms with Crippen molar-refractivity contribution in [2.45, 2.75) is 19.2 Å². The van der Waals surface area contributed by atoms with Crippen molar-refractivity contribution in [3.05, 3.63) is 22.4 Å². The number of hydrogen-bond acceptors (Lipinski definition) is 1. The molecule has 0 atom stereocenters. The first-order valence-electron chi connectivity index (χ1n) is 2.92. The van der Waals surface area contributed by atoms with Crippen molar-refractivity contribution in [3.63, 3.8) is 0 Å². The molecule has 0 saturated heterocycles. The van der Waals surface area contributed by atoms with Crippen LogP contribution in [0.4, 0.5) is 0 Å². The molecular formula is C7H9BS.